The molecule has 0 saturated carbocycles. The van der Waals surface area contributed by atoms with Crippen LogP contribution in [-0.2, 0) is 0 Å². The van der Waals surface area contributed by atoms with E-state index in [2.05, 4.69) is 15.0 Å². The van der Waals surface area contributed by atoms with Crippen molar-refractivity contribution in [3.63, 3.8) is 0 Å². The maximum atomic E-state index is 12.6. The number of benzene rings is 2. The summed E-state index contributed by atoms with van der Waals surface area (Å²) in [7, 11) is 0. The lowest BCUT2D eigenvalue weighted by Crippen LogP contribution is -2.13. The molecule has 4 nitrogen and oxygen atoms in total. The molecular formula is C19H16F2N2O2S. The van der Waals surface area contributed by atoms with Crippen LogP contribution >= 0.6 is 11.3 Å². The molecule has 0 aliphatic heterocycles. The van der Waals surface area contributed by atoms with Gasteiger partial charge in [-0.1, -0.05) is 29.8 Å². The molecule has 0 spiro atoms. The number of aromatic nitrogens is 1. The maximum Gasteiger partial charge on any atom is 0.387 e. The topological polar surface area (TPSA) is 51.2 Å². The number of aryl methyl sites for hydroxylation is 2. The van der Waals surface area contributed by atoms with E-state index in [1.807, 2.05) is 32.0 Å². The molecule has 7 heteroatoms. The van der Waals surface area contributed by atoms with Crippen molar-refractivity contribution in [2.75, 3.05) is 5.32 Å². The first kappa shape index (κ1) is 18.0. The number of para-hydroxylation sites is 1. The summed E-state index contributed by atoms with van der Waals surface area (Å²) in [5.41, 5.74) is 3.32. The highest BCUT2D eigenvalue weighted by atomic mass is 32.1. The molecule has 1 aromatic heterocycles. The second-order valence-electron chi connectivity index (χ2n) is 5.69. The van der Waals surface area contributed by atoms with Gasteiger partial charge < -0.3 is 4.74 Å². The van der Waals surface area contributed by atoms with Gasteiger partial charge in [0.1, 0.15) is 5.75 Å². The normalized spacial score (nSPS) is 10.8. The van der Waals surface area contributed by atoms with Crippen molar-refractivity contribution < 1.29 is 18.3 Å². The van der Waals surface area contributed by atoms with Crippen LogP contribution in [0.3, 0.4) is 0 Å². The Kier molecular flexibility index (Phi) is 5.27. The van der Waals surface area contributed by atoms with Crippen LogP contribution in [0.4, 0.5) is 13.9 Å². The summed E-state index contributed by atoms with van der Waals surface area (Å²) in [6.07, 6.45) is 0. The fourth-order valence-corrected chi connectivity index (χ4v) is 3.18. The molecule has 0 unspecified atom stereocenters. The summed E-state index contributed by atoms with van der Waals surface area (Å²) in [5.74, 6) is -0.218. The Bertz CT molecular complexity index is 941. The van der Waals surface area contributed by atoms with Gasteiger partial charge in [-0.05, 0) is 37.6 Å². The fourth-order valence-electron chi connectivity index (χ4n) is 2.48. The summed E-state index contributed by atoms with van der Waals surface area (Å²) < 4.78 is 29.6. The summed E-state index contributed by atoms with van der Waals surface area (Å²) in [4.78, 5) is 16.8. The Labute approximate surface area is 153 Å². The van der Waals surface area contributed by atoms with E-state index >= 15 is 0 Å². The molecule has 1 heterocycles. The van der Waals surface area contributed by atoms with Crippen molar-refractivity contribution in [3.05, 3.63) is 64.5 Å². The van der Waals surface area contributed by atoms with Gasteiger partial charge in [0.15, 0.2) is 5.13 Å². The van der Waals surface area contributed by atoms with E-state index < -0.39 is 6.61 Å². The molecule has 0 aliphatic rings. The first-order chi connectivity index (χ1) is 12.4. The number of ether oxygens (including phenoxy) is 1. The van der Waals surface area contributed by atoms with E-state index in [9.17, 15) is 13.6 Å². The smallest absolute Gasteiger partial charge is 0.387 e. The Hall–Kier alpha value is -2.80. The highest BCUT2D eigenvalue weighted by Gasteiger charge is 2.15. The van der Waals surface area contributed by atoms with Gasteiger partial charge in [-0.2, -0.15) is 8.78 Å². The number of nitrogens with one attached hydrogen (secondary N) is 1. The first-order valence-corrected chi connectivity index (χ1v) is 8.70. The van der Waals surface area contributed by atoms with Gasteiger partial charge in [0.05, 0.1) is 5.69 Å². The Morgan fingerprint density at radius 1 is 1.19 bits per heavy atom. The average Bonchev–Trinajstić information content (AvgIpc) is 3.05. The minimum absolute atomic E-state index is 0.0419. The molecular weight excluding hydrogens is 358 g/mol. The van der Waals surface area contributed by atoms with E-state index in [4.69, 9.17) is 0 Å². The quantitative estimate of drug-likeness (QED) is 0.661. The predicted octanol–water partition coefficient (Wildman–Crippen LogP) is 5.28. The van der Waals surface area contributed by atoms with Gasteiger partial charge in [-0.25, -0.2) is 4.98 Å². The van der Waals surface area contributed by atoms with Crippen LogP contribution in [0.1, 0.15) is 21.5 Å². The number of carbonyl (C=O) groups excluding carboxylic acids is 1. The van der Waals surface area contributed by atoms with Gasteiger partial charge in [0, 0.05) is 16.5 Å². The maximum absolute atomic E-state index is 12.6. The zero-order valence-electron chi connectivity index (χ0n) is 14.1. The highest BCUT2D eigenvalue weighted by molar-refractivity contribution is 7.14. The lowest BCUT2D eigenvalue weighted by atomic mass is 10.1. The summed E-state index contributed by atoms with van der Waals surface area (Å²) in [5, 5.41) is 4.83. The summed E-state index contributed by atoms with van der Waals surface area (Å²) in [6.45, 7) is 0.857. The van der Waals surface area contributed by atoms with Gasteiger partial charge in [-0.3, -0.25) is 10.1 Å². The van der Waals surface area contributed by atoms with Gasteiger partial charge in [-0.15, -0.1) is 11.3 Å². The molecule has 1 amide bonds. The number of amides is 1. The number of rotatable bonds is 5. The van der Waals surface area contributed by atoms with Gasteiger partial charge in [0.25, 0.3) is 5.91 Å². The monoisotopic (exact) mass is 374 g/mol. The fraction of sp³-hybridized carbons (Fsp3) is 0.158. The number of anilines is 1. The van der Waals surface area contributed by atoms with Crippen molar-refractivity contribution in [2.24, 2.45) is 0 Å². The molecule has 0 fully saturated rings. The van der Waals surface area contributed by atoms with Crippen LogP contribution in [0.5, 0.6) is 5.75 Å². The Morgan fingerprint density at radius 2 is 1.96 bits per heavy atom. The predicted molar refractivity (Wildman–Crippen MR) is 98.1 cm³/mol. The largest absolute Gasteiger partial charge is 0.434 e. The number of nitrogens with zero attached hydrogens (tertiary/aromatic N) is 1. The molecule has 0 saturated heterocycles. The minimum atomic E-state index is -2.92. The number of halogens is 2. The summed E-state index contributed by atoms with van der Waals surface area (Å²) in [6, 6.07) is 12.0. The molecule has 0 atom stereocenters. The van der Waals surface area contributed by atoms with E-state index in [0.717, 1.165) is 11.1 Å². The van der Waals surface area contributed by atoms with Crippen molar-refractivity contribution in [3.8, 4) is 17.0 Å². The Balaban J connectivity index is 1.83. The highest BCUT2D eigenvalue weighted by Crippen LogP contribution is 2.33. The van der Waals surface area contributed by atoms with Gasteiger partial charge >= 0.3 is 6.61 Å². The molecule has 0 aliphatic carbocycles. The van der Waals surface area contributed by atoms with Crippen molar-refractivity contribution in [1.29, 1.82) is 0 Å². The third kappa shape index (κ3) is 4.05. The van der Waals surface area contributed by atoms with Crippen LogP contribution in [-0.4, -0.2) is 17.5 Å². The zero-order chi connectivity index (χ0) is 18.7. The van der Waals surface area contributed by atoms with E-state index in [1.54, 1.807) is 23.6 Å². The second kappa shape index (κ2) is 7.61. The second-order valence-corrected chi connectivity index (χ2v) is 6.54. The SMILES string of the molecule is Cc1ccc(C)c(C(=O)Nc2nc(-c3ccccc3OC(F)F)cs2)c1. The molecule has 3 rings (SSSR count). The van der Waals surface area contributed by atoms with Crippen LogP contribution in [0.15, 0.2) is 47.8 Å². The molecule has 134 valence electrons. The lowest BCUT2D eigenvalue weighted by molar-refractivity contribution is -0.0494. The third-order valence-corrected chi connectivity index (χ3v) is 4.50. The number of hydrogen-bond donors (Lipinski definition) is 1. The summed E-state index contributed by atoms with van der Waals surface area (Å²) >= 11 is 1.22. The average molecular weight is 374 g/mol. The Morgan fingerprint density at radius 3 is 2.73 bits per heavy atom. The van der Waals surface area contributed by atoms with Crippen LogP contribution in [0.25, 0.3) is 11.3 Å². The first-order valence-electron chi connectivity index (χ1n) is 7.82. The molecule has 26 heavy (non-hydrogen) atoms. The molecule has 0 bridgehead atoms. The zero-order valence-corrected chi connectivity index (χ0v) is 14.9. The number of hydrogen-bond acceptors (Lipinski definition) is 4. The lowest BCUT2D eigenvalue weighted by Gasteiger charge is -2.08. The standard InChI is InChI=1S/C19H16F2N2O2S/c1-11-7-8-12(2)14(9-11)17(24)23-19-22-15(10-26-19)13-5-3-4-6-16(13)25-18(20)21/h3-10,18H,1-2H3,(H,22,23,24). The molecule has 3 aromatic rings. The van der Waals surface area contributed by atoms with Gasteiger partial charge in [0.2, 0.25) is 0 Å². The molecule has 0 radical (unpaired) electrons. The molecule has 2 aromatic carbocycles. The minimum Gasteiger partial charge on any atom is -0.434 e. The number of carbonyl (C=O) groups is 1. The molecule has 1 N–H and O–H groups in total. The van der Waals surface area contributed by atoms with Crippen LogP contribution < -0.4 is 10.1 Å². The van der Waals surface area contributed by atoms with E-state index in [0.29, 0.717) is 22.0 Å². The van der Waals surface area contributed by atoms with Crippen molar-refractivity contribution >= 4 is 22.4 Å². The van der Waals surface area contributed by atoms with E-state index in [-0.39, 0.29) is 11.7 Å². The third-order valence-electron chi connectivity index (χ3n) is 3.74. The van der Waals surface area contributed by atoms with E-state index in [1.165, 1.54) is 17.4 Å². The number of thiazole rings is 1. The van der Waals surface area contributed by atoms with Crippen LogP contribution in [0, 0.1) is 13.8 Å². The van der Waals surface area contributed by atoms with Crippen molar-refractivity contribution in [2.45, 2.75) is 20.5 Å². The van der Waals surface area contributed by atoms with Crippen LogP contribution in [0.2, 0.25) is 0 Å². The number of alkyl halides is 2. The van der Waals surface area contributed by atoms with Crippen molar-refractivity contribution in [1.82, 2.24) is 4.98 Å².